The van der Waals surface area contributed by atoms with Gasteiger partial charge in [0.1, 0.15) is 22.8 Å². The predicted octanol–water partition coefficient (Wildman–Crippen LogP) is -0.143. The van der Waals surface area contributed by atoms with Gasteiger partial charge in [-0.2, -0.15) is 0 Å². The van der Waals surface area contributed by atoms with E-state index in [0.29, 0.717) is 0 Å². The number of carbonyl (C=O) groups is 3. The number of esters is 1. The highest BCUT2D eigenvalue weighted by molar-refractivity contribution is 6.06. The molecule has 0 aliphatic carbocycles. The number of ether oxygens (including phenoxy) is 2. The quantitative estimate of drug-likeness (QED) is 0.265. The second kappa shape index (κ2) is 11.8. The van der Waals surface area contributed by atoms with E-state index in [0.717, 1.165) is 24.3 Å². The molecular formula is C23H27NO10. The Hall–Kier alpha value is -3.99. The molecule has 1 aliphatic rings. The monoisotopic (exact) mass is 477 g/mol. The lowest BCUT2D eigenvalue weighted by atomic mass is 9.92. The summed E-state index contributed by atoms with van der Waals surface area (Å²) in [7, 11) is 0. The van der Waals surface area contributed by atoms with Crippen molar-refractivity contribution < 1.29 is 54.7 Å². The largest absolute Gasteiger partial charge is 0.550 e. The van der Waals surface area contributed by atoms with Crippen LogP contribution in [0.3, 0.4) is 0 Å². The number of nitrogens with two attached hydrogens (primary N) is 1. The van der Waals surface area contributed by atoms with Crippen LogP contribution in [0.4, 0.5) is 0 Å². The first kappa shape index (κ1) is 26.3. The molecule has 0 bridgehead atoms. The van der Waals surface area contributed by atoms with Crippen LogP contribution in [-0.2, 0) is 14.3 Å². The molecule has 1 heterocycles. The second-order valence-corrected chi connectivity index (χ2v) is 7.38. The minimum absolute atomic E-state index is 0.139. The zero-order valence-electron chi connectivity index (χ0n) is 18.7. The Morgan fingerprint density at radius 1 is 1.00 bits per heavy atom. The van der Waals surface area contributed by atoms with Crippen molar-refractivity contribution >= 4 is 17.7 Å². The topological polar surface area (TPSA) is 190 Å². The second-order valence-electron chi connectivity index (χ2n) is 7.38. The molecule has 0 spiro atoms. The van der Waals surface area contributed by atoms with Gasteiger partial charge in [0.05, 0.1) is 19.5 Å². The summed E-state index contributed by atoms with van der Waals surface area (Å²) in [4.78, 5) is 35.5. The smallest absolute Gasteiger partial charge is 0.307 e. The average molecular weight is 477 g/mol. The number of aliphatic carboxylic acids is 1. The fraction of sp³-hybridized carbons (Fsp3) is 0.348. The first-order valence-electron chi connectivity index (χ1n) is 10.6. The Kier molecular flexibility index (Phi) is 9.08. The standard InChI is InChI=1S/C19H16O10.C4H11N/c20-9-6-12(23)16-13(7-9)28-18(8-1-2-10(21)11(22)5-8)19(17(16)27)29-15(26)4-3-14(24)25;1-3-5-4-2/h1-2,5-7,18-23H,3-4H2,(H,24,25);5H,3-4H2,1-2H3. The van der Waals surface area contributed by atoms with E-state index in [-0.39, 0.29) is 22.6 Å². The van der Waals surface area contributed by atoms with E-state index in [1.165, 1.54) is 19.2 Å². The van der Waals surface area contributed by atoms with Crippen LogP contribution in [0.2, 0.25) is 0 Å². The van der Waals surface area contributed by atoms with Crippen molar-refractivity contribution in [3.05, 3.63) is 41.5 Å². The van der Waals surface area contributed by atoms with E-state index in [9.17, 15) is 39.9 Å². The summed E-state index contributed by atoms with van der Waals surface area (Å²) < 4.78 is 10.8. The lowest BCUT2D eigenvalue weighted by molar-refractivity contribution is -0.648. The van der Waals surface area contributed by atoms with Crippen LogP contribution >= 0.6 is 0 Å². The fourth-order valence-electron chi connectivity index (χ4n) is 3.17. The highest BCUT2D eigenvalue weighted by Crippen LogP contribution is 2.43. The number of ketones is 1. The van der Waals surface area contributed by atoms with E-state index < -0.39 is 60.0 Å². The number of fused-ring (bicyclic) bond motifs is 1. The number of carbonyl (C=O) groups excluding carboxylic acids is 3. The highest BCUT2D eigenvalue weighted by Gasteiger charge is 2.43. The van der Waals surface area contributed by atoms with Gasteiger partial charge in [-0.1, -0.05) is 6.07 Å². The molecule has 2 aromatic carbocycles. The van der Waals surface area contributed by atoms with Crippen LogP contribution in [0.25, 0.3) is 0 Å². The summed E-state index contributed by atoms with van der Waals surface area (Å²) >= 11 is 0. The Morgan fingerprint density at radius 2 is 1.68 bits per heavy atom. The van der Waals surface area contributed by atoms with E-state index in [1.807, 2.05) is 0 Å². The molecule has 0 saturated carbocycles. The Balaban J connectivity index is 0.000000739. The lowest BCUT2D eigenvalue weighted by Gasteiger charge is -2.32. The van der Waals surface area contributed by atoms with Crippen molar-refractivity contribution in [3.63, 3.8) is 0 Å². The first-order chi connectivity index (χ1) is 16.1. The van der Waals surface area contributed by atoms with Crippen molar-refractivity contribution in [1.29, 1.82) is 0 Å². The molecule has 11 heteroatoms. The summed E-state index contributed by atoms with van der Waals surface area (Å²) in [5.74, 6) is -5.49. The van der Waals surface area contributed by atoms with Crippen LogP contribution in [0.1, 0.15) is 48.7 Å². The van der Waals surface area contributed by atoms with Gasteiger partial charge in [0.25, 0.3) is 0 Å². The molecule has 0 amide bonds. The van der Waals surface area contributed by atoms with Gasteiger partial charge < -0.3 is 45.1 Å². The van der Waals surface area contributed by atoms with E-state index >= 15 is 0 Å². The molecule has 2 aromatic rings. The maximum Gasteiger partial charge on any atom is 0.307 e. The minimum Gasteiger partial charge on any atom is -0.550 e. The third kappa shape index (κ3) is 6.51. The van der Waals surface area contributed by atoms with Crippen LogP contribution in [0.5, 0.6) is 28.7 Å². The van der Waals surface area contributed by atoms with Crippen molar-refractivity contribution in [2.24, 2.45) is 0 Å². The molecule has 0 saturated heterocycles. The molecule has 0 radical (unpaired) electrons. The molecule has 1 aliphatic heterocycles. The molecule has 2 atom stereocenters. The molecule has 2 unspecified atom stereocenters. The number of phenolic OH excluding ortho intramolecular Hbond substituents is 4. The maximum absolute atomic E-state index is 12.9. The number of carboxylic acid groups (broad SMARTS) is 1. The van der Waals surface area contributed by atoms with Gasteiger partial charge in [0, 0.05) is 23.7 Å². The van der Waals surface area contributed by atoms with Gasteiger partial charge in [-0.25, -0.2) is 0 Å². The van der Waals surface area contributed by atoms with E-state index in [2.05, 4.69) is 19.2 Å². The first-order valence-corrected chi connectivity index (χ1v) is 10.6. The number of carboxylic acids is 1. The molecule has 11 nitrogen and oxygen atoms in total. The fourth-order valence-corrected chi connectivity index (χ4v) is 3.17. The SMILES string of the molecule is CC[NH2+]CC.O=C([O-])CCC(=O)OC1C(=O)c2c(O)cc(O)cc2OC1c1ccc(O)c(O)c1. The van der Waals surface area contributed by atoms with E-state index in [4.69, 9.17) is 9.47 Å². The number of Topliss-reactive ketones (excluding diaryl/α,β-unsaturated/α-hetero) is 1. The Bertz CT molecular complexity index is 1050. The third-order valence-corrected chi connectivity index (χ3v) is 4.80. The van der Waals surface area contributed by atoms with Crippen molar-refractivity contribution in [1.82, 2.24) is 0 Å². The van der Waals surface area contributed by atoms with Gasteiger partial charge in [-0.3, -0.25) is 9.59 Å². The van der Waals surface area contributed by atoms with Gasteiger partial charge in [-0.15, -0.1) is 0 Å². The molecule has 34 heavy (non-hydrogen) atoms. The van der Waals surface area contributed by atoms with Gasteiger partial charge >= 0.3 is 5.97 Å². The summed E-state index contributed by atoms with van der Waals surface area (Å²) in [5.41, 5.74) is -0.195. The van der Waals surface area contributed by atoms with Crippen LogP contribution in [-0.4, -0.2) is 57.3 Å². The Labute approximate surface area is 195 Å². The average Bonchev–Trinajstić information content (AvgIpc) is 2.76. The van der Waals surface area contributed by atoms with Crippen LogP contribution in [0, 0.1) is 0 Å². The molecule has 0 aromatic heterocycles. The number of hydrogen-bond acceptors (Lipinski definition) is 10. The predicted molar refractivity (Wildman–Crippen MR) is 114 cm³/mol. The normalized spacial score (nSPS) is 16.5. The molecule has 184 valence electrons. The minimum atomic E-state index is -1.63. The van der Waals surface area contributed by atoms with Gasteiger partial charge in [0.15, 0.2) is 17.6 Å². The van der Waals surface area contributed by atoms with E-state index in [1.54, 1.807) is 0 Å². The summed E-state index contributed by atoms with van der Waals surface area (Å²) in [6.45, 7) is 6.75. The van der Waals surface area contributed by atoms with Crippen molar-refractivity contribution in [3.8, 4) is 28.7 Å². The summed E-state index contributed by atoms with van der Waals surface area (Å²) in [6.07, 6.45) is -4.12. The number of rotatable bonds is 7. The summed E-state index contributed by atoms with van der Waals surface area (Å²) in [6, 6.07) is 5.50. The van der Waals surface area contributed by atoms with Crippen molar-refractivity contribution in [2.75, 3.05) is 13.1 Å². The molecule has 3 rings (SSSR count). The number of benzene rings is 2. The molecule has 0 fully saturated rings. The number of aromatic hydroxyl groups is 4. The zero-order chi connectivity index (χ0) is 25.4. The van der Waals surface area contributed by atoms with Crippen LogP contribution < -0.4 is 15.2 Å². The Morgan fingerprint density at radius 3 is 2.24 bits per heavy atom. The van der Waals surface area contributed by atoms with Crippen LogP contribution in [0.15, 0.2) is 30.3 Å². The van der Waals surface area contributed by atoms with Gasteiger partial charge in [0.2, 0.25) is 11.9 Å². The third-order valence-electron chi connectivity index (χ3n) is 4.80. The number of phenols is 4. The maximum atomic E-state index is 12.9. The number of hydrogen-bond donors (Lipinski definition) is 5. The highest BCUT2D eigenvalue weighted by atomic mass is 16.6. The van der Waals surface area contributed by atoms with Gasteiger partial charge in [-0.05, 0) is 32.4 Å². The summed E-state index contributed by atoms with van der Waals surface area (Å²) in [5, 5.41) is 51.7. The lowest BCUT2D eigenvalue weighted by Crippen LogP contribution is -2.82. The number of quaternary nitrogens is 1. The molecular weight excluding hydrogens is 450 g/mol. The van der Waals surface area contributed by atoms with Crippen molar-refractivity contribution in [2.45, 2.75) is 38.9 Å². The molecule has 6 N–H and O–H groups in total. The zero-order valence-corrected chi connectivity index (χ0v) is 18.7.